The monoisotopic (exact) mass is 277 g/mol. The molecule has 0 unspecified atom stereocenters. The maximum Gasteiger partial charge on any atom is 0.205 e. The van der Waals surface area contributed by atoms with Crippen molar-refractivity contribution in [1.29, 1.82) is 0 Å². The van der Waals surface area contributed by atoms with Crippen LogP contribution in [0.4, 0.5) is 0 Å². The van der Waals surface area contributed by atoms with Gasteiger partial charge in [-0.3, -0.25) is 4.79 Å². The minimum Gasteiger partial charge on any atom is -0.383 e. The quantitative estimate of drug-likeness (QED) is 0.592. The molecule has 1 heterocycles. The Kier molecular flexibility index (Phi) is 4.95. The highest BCUT2D eigenvalue weighted by Crippen LogP contribution is 2.32. The number of allylic oxidation sites excluding steroid dienone is 1. The summed E-state index contributed by atoms with van der Waals surface area (Å²) >= 11 is 0. The second-order valence-corrected chi connectivity index (χ2v) is 5.44. The molecular formula is C15H23N3O2. The minimum atomic E-state index is 0.000420. The van der Waals surface area contributed by atoms with Gasteiger partial charge in [-0.1, -0.05) is 12.8 Å². The summed E-state index contributed by atoms with van der Waals surface area (Å²) in [6.07, 6.45) is 9.71. The van der Waals surface area contributed by atoms with Crippen LogP contribution >= 0.6 is 0 Å². The van der Waals surface area contributed by atoms with Crippen LogP contribution in [0.3, 0.4) is 0 Å². The third-order valence-electron chi connectivity index (χ3n) is 3.61. The molecule has 1 saturated carbocycles. The molecule has 1 aliphatic rings. The summed E-state index contributed by atoms with van der Waals surface area (Å²) in [5.74, 6) is 0.849. The van der Waals surface area contributed by atoms with Crippen molar-refractivity contribution in [3.63, 3.8) is 0 Å². The summed E-state index contributed by atoms with van der Waals surface area (Å²) in [7, 11) is 5.45. The molecule has 1 aliphatic carbocycles. The summed E-state index contributed by atoms with van der Waals surface area (Å²) in [5.41, 5.74) is 0.669. The zero-order valence-corrected chi connectivity index (χ0v) is 12.5. The van der Waals surface area contributed by atoms with Gasteiger partial charge in [-0.2, -0.15) is 0 Å². The molecule has 0 spiro atoms. The molecule has 0 aromatic carbocycles. The zero-order chi connectivity index (χ0) is 14.5. The Labute approximate surface area is 120 Å². The predicted molar refractivity (Wildman–Crippen MR) is 77.6 cm³/mol. The molecule has 5 heteroatoms. The predicted octanol–water partition coefficient (Wildman–Crippen LogP) is 2.40. The highest BCUT2D eigenvalue weighted by molar-refractivity contribution is 6.03. The van der Waals surface area contributed by atoms with E-state index in [1.807, 2.05) is 19.0 Å². The number of carbonyl (C=O) groups excluding carboxylic acids is 1. The first kappa shape index (κ1) is 14.8. The number of ether oxygens (including phenoxy) is 1. The maximum atomic E-state index is 12.3. The molecule has 0 radical (unpaired) electrons. The number of rotatable bonds is 6. The first-order valence-electron chi connectivity index (χ1n) is 7.07. The number of imidazole rings is 1. The number of carbonyl (C=O) groups is 1. The fourth-order valence-corrected chi connectivity index (χ4v) is 2.69. The highest BCUT2D eigenvalue weighted by Gasteiger charge is 2.24. The van der Waals surface area contributed by atoms with Gasteiger partial charge in [0.25, 0.3) is 0 Å². The van der Waals surface area contributed by atoms with E-state index in [1.165, 1.54) is 12.8 Å². The standard InChI is InChI=1S/C15H23N3O2/c1-17(2)9-8-14(19)13-10-16-15(11-20-3)18(13)12-6-4-5-7-12/h8-10,12H,4-7,11H2,1-3H3. The van der Waals surface area contributed by atoms with E-state index in [9.17, 15) is 4.79 Å². The van der Waals surface area contributed by atoms with Gasteiger partial charge in [0, 0.05) is 39.5 Å². The molecule has 1 aromatic rings. The SMILES string of the molecule is COCc1ncc(C(=O)C=CN(C)C)n1C1CCCC1. The van der Waals surface area contributed by atoms with Crippen LogP contribution in [-0.2, 0) is 11.3 Å². The van der Waals surface area contributed by atoms with Gasteiger partial charge in [-0.05, 0) is 12.8 Å². The molecule has 0 saturated heterocycles. The molecule has 0 aliphatic heterocycles. The summed E-state index contributed by atoms with van der Waals surface area (Å²) in [6, 6.07) is 0.384. The van der Waals surface area contributed by atoms with Crippen molar-refractivity contribution in [2.24, 2.45) is 0 Å². The second kappa shape index (κ2) is 6.70. The van der Waals surface area contributed by atoms with E-state index in [4.69, 9.17) is 4.74 Å². The summed E-state index contributed by atoms with van der Waals surface area (Å²) < 4.78 is 7.28. The Morgan fingerprint density at radius 1 is 1.50 bits per heavy atom. The largest absolute Gasteiger partial charge is 0.383 e. The van der Waals surface area contributed by atoms with Crippen molar-refractivity contribution in [2.45, 2.75) is 38.3 Å². The molecule has 0 bridgehead atoms. The first-order chi connectivity index (χ1) is 9.63. The van der Waals surface area contributed by atoms with Crippen molar-refractivity contribution in [3.8, 4) is 0 Å². The Morgan fingerprint density at radius 3 is 2.80 bits per heavy atom. The van der Waals surface area contributed by atoms with Gasteiger partial charge >= 0.3 is 0 Å². The molecule has 20 heavy (non-hydrogen) atoms. The third kappa shape index (κ3) is 3.28. The van der Waals surface area contributed by atoms with E-state index in [2.05, 4.69) is 9.55 Å². The second-order valence-electron chi connectivity index (χ2n) is 5.44. The number of hydrogen-bond donors (Lipinski definition) is 0. The molecule has 0 amide bonds. The van der Waals surface area contributed by atoms with Crippen LogP contribution < -0.4 is 0 Å². The number of ketones is 1. The summed E-state index contributed by atoms with van der Waals surface area (Å²) in [6.45, 7) is 0.446. The van der Waals surface area contributed by atoms with Crippen LogP contribution in [0, 0.1) is 0 Å². The van der Waals surface area contributed by atoms with Crippen molar-refractivity contribution in [3.05, 3.63) is 30.0 Å². The minimum absolute atomic E-state index is 0.000420. The zero-order valence-electron chi connectivity index (χ0n) is 12.5. The molecule has 5 nitrogen and oxygen atoms in total. The molecule has 0 N–H and O–H groups in total. The van der Waals surface area contributed by atoms with Gasteiger partial charge in [0.05, 0.1) is 6.20 Å². The number of methoxy groups -OCH3 is 1. The van der Waals surface area contributed by atoms with Gasteiger partial charge < -0.3 is 14.2 Å². The molecule has 1 fully saturated rings. The van der Waals surface area contributed by atoms with Gasteiger partial charge in [-0.15, -0.1) is 0 Å². The van der Waals surface area contributed by atoms with Crippen molar-refractivity contribution >= 4 is 5.78 Å². The van der Waals surface area contributed by atoms with Crippen molar-refractivity contribution < 1.29 is 9.53 Å². The van der Waals surface area contributed by atoms with E-state index in [1.54, 1.807) is 25.6 Å². The summed E-state index contributed by atoms with van der Waals surface area (Å²) in [5, 5.41) is 0. The lowest BCUT2D eigenvalue weighted by Crippen LogP contribution is -2.16. The number of aromatic nitrogens is 2. The highest BCUT2D eigenvalue weighted by atomic mass is 16.5. The van der Waals surface area contributed by atoms with E-state index >= 15 is 0 Å². The maximum absolute atomic E-state index is 12.3. The average molecular weight is 277 g/mol. The third-order valence-corrected chi connectivity index (χ3v) is 3.61. The fourth-order valence-electron chi connectivity index (χ4n) is 2.69. The van der Waals surface area contributed by atoms with Gasteiger partial charge in [0.15, 0.2) is 0 Å². The Hall–Kier alpha value is -1.62. The van der Waals surface area contributed by atoms with Crippen LogP contribution in [0.25, 0.3) is 0 Å². The smallest absolute Gasteiger partial charge is 0.205 e. The molecule has 2 rings (SSSR count). The molecule has 110 valence electrons. The topological polar surface area (TPSA) is 47.4 Å². The lowest BCUT2D eigenvalue weighted by Gasteiger charge is -2.17. The molecular weight excluding hydrogens is 254 g/mol. The van der Waals surface area contributed by atoms with E-state index in [0.717, 1.165) is 18.7 Å². The average Bonchev–Trinajstić information content (AvgIpc) is 3.04. The lowest BCUT2D eigenvalue weighted by atomic mass is 10.2. The van der Waals surface area contributed by atoms with Crippen molar-refractivity contribution in [2.75, 3.05) is 21.2 Å². The van der Waals surface area contributed by atoms with Gasteiger partial charge in [0.1, 0.15) is 18.1 Å². The van der Waals surface area contributed by atoms with E-state index in [0.29, 0.717) is 18.3 Å². The first-order valence-corrected chi connectivity index (χ1v) is 7.07. The Morgan fingerprint density at radius 2 is 2.20 bits per heavy atom. The lowest BCUT2D eigenvalue weighted by molar-refractivity contribution is 0.103. The number of nitrogens with zero attached hydrogens (tertiary/aromatic N) is 3. The van der Waals surface area contributed by atoms with Gasteiger partial charge in [0.2, 0.25) is 5.78 Å². The molecule has 1 aromatic heterocycles. The number of hydrogen-bond acceptors (Lipinski definition) is 4. The van der Waals surface area contributed by atoms with Crippen LogP contribution in [0.2, 0.25) is 0 Å². The van der Waals surface area contributed by atoms with E-state index in [-0.39, 0.29) is 5.78 Å². The van der Waals surface area contributed by atoms with Crippen LogP contribution in [-0.4, -0.2) is 41.4 Å². The van der Waals surface area contributed by atoms with Crippen molar-refractivity contribution in [1.82, 2.24) is 14.5 Å². The molecule has 0 atom stereocenters. The van der Waals surface area contributed by atoms with Crippen LogP contribution in [0.5, 0.6) is 0 Å². The Balaban J connectivity index is 2.29. The van der Waals surface area contributed by atoms with Gasteiger partial charge in [-0.25, -0.2) is 4.98 Å². The normalized spacial score (nSPS) is 16.1. The van der Waals surface area contributed by atoms with Crippen LogP contribution in [0.15, 0.2) is 18.5 Å². The fraction of sp³-hybridized carbons (Fsp3) is 0.600. The Bertz CT molecular complexity index is 485. The van der Waals surface area contributed by atoms with E-state index < -0.39 is 0 Å². The van der Waals surface area contributed by atoms with Crippen LogP contribution in [0.1, 0.15) is 48.0 Å². The summed E-state index contributed by atoms with van der Waals surface area (Å²) in [4.78, 5) is 18.5.